The van der Waals surface area contributed by atoms with Gasteiger partial charge in [-0.2, -0.15) is 5.10 Å². The molecule has 4 rings (SSSR count). The number of nitrogens with zero attached hydrogens (tertiary/aromatic N) is 3. The number of para-hydroxylation sites is 1. The molecule has 0 aliphatic rings. The van der Waals surface area contributed by atoms with Gasteiger partial charge in [0, 0.05) is 12.1 Å². The highest BCUT2D eigenvalue weighted by molar-refractivity contribution is 7.92. The lowest BCUT2D eigenvalue weighted by Gasteiger charge is -2.25. The molecule has 4 aromatic rings. The Balaban J connectivity index is 1.40. The minimum absolute atomic E-state index is 0.0147. The van der Waals surface area contributed by atoms with Gasteiger partial charge < -0.3 is 4.74 Å². The van der Waals surface area contributed by atoms with Gasteiger partial charge in [-0.1, -0.05) is 42.8 Å². The Morgan fingerprint density at radius 2 is 1.64 bits per heavy atom. The van der Waals surface area contributed by atoms with Crippen molar-refractivity contribution in [1.29, 1.82) is 0 Å². The van der Waals surface area contributed by atoms with E-state index in [1.165, 1.54) is 30.5 Å². The minimum Gasteiger partial charge on any atom is -0.489 e. The average molecular weight is 587 g/mol. The molecule has 0 bridgehead atoms. The average Bonchev–Trinajstić information content (AvgIpc) is 3.00. The molecule has 0 spiro atoms. The SMILES string of the molecule is CCc1ccccc1N(CC(=O)N/N=C\c1ccc(OCc2ccc([N+](=O)[O-])cc2)cc1)S(=O)(=O)c1ccc(C)cc1. The number of anilines is 1. The van der Waals surface area contributed by atoms with E-state index in [1.807, 2.05) is 26.0 Å². The molecule has 0 aromatic heterocycles. The third-order valence-electron chi connectivity index (χ3n) is 6.37. The van der Waals surface area contributed by atoms with Gasteiger partial charge in [-0.15, -0.1) is 0 Å². The van der Waals surface area contributed by atoms with E-state index in [9.17, 15) is 23.3 Å². The number of hydrazone groups is 1. The molecule has 0 aliphatic heterocycles. The molecular weight excluding hydrogens is 556 g/mol. The molecule has 1 N–H and O–H groups in total. The summed E-state index contributed by atoms with van der Waals surface area (Å²) in [6.45, 7) is 3.57. The number of benzene rings is 4. The normalized spacial score (nSPS) is 11.3. The van der Waals surface area contributed by atoms with Crippen molar-refractivity contribution in [3.05, 3.63) is 129 Å². The summed E-state index contributed by atoms with van der Waals surface area (Å²) in [6.07, 6.45) is 2.03. The maximum absolute atomic E-state index is 13.6. The van der Waals surface area contributed by atoms with Crippen LogP contribution in [-0.2, 0) is 27.8 Å². The number of non-ortho nitro benzene ring substituents is 1. The van der Waals surface area contributed by atoms with E-state index in [0.29, 0.717) is 23.4 Å². The van der Waals surface area contributed by atoms with Gasteiger partial charge in [-0.05, 0) is 84.6 Å². The van der Waals surface area contributed by atoms with Crippen molar-refractivity contribution in [1.82, 2.24) is 5.43 Å². The zero-order chi connectivity index (χ0) is 30.1. The molecule has 4 aromatic carbocycles. The second kappa shape index (κ2) is 13.6. The largest absolute Gasteiger partial charge is 0.489 e. The Morgan fingerprint density at radius 1 is 0.976 bits per heavy atom. The number of nitrogens with one attached hydrogen (secondary N) is 1. The number of ether oxygens (including phenoxy) is 1. The van der Waals surface area contributed by atoms with E-state index in [4.69, 9.17) is 4.74 Å². The van der Waals surface area contributed by atoms with E-state index in [2.05, 4.69) is 10.5 Å². The number of rotatable bonds is 12. The third kappa shape index (κ3) is 7.58. The topological polar surface area (TPSA) is 131 Å². The number of nitro benzene ring substituents is 1. The maximum atomic E-state index is 13.6. The molecular formula is C31H30N4O6S. The minimum atomic E-state index is -4.04. The fraction of sp³-hybridized carbons (Fsp3) is 0.161. The van der Waals surface area contributed by atoms with Crippen molar-refractivity contribution in [2.45, 2.75) is 31.8 Å². The van der Waals surface area contributed by atoms with Crippen molar-refractivity contribution in [2.75, 3.05) is 10.8 Å². The van der Waals surface area contributed by atoms with E-state index in [0.717, 1.165) is 21.0 Å². The van der Waals surface area contributed by atoms with E-state index in [1.54, 1.807) is 60.7 Å². The molecule has 0 saturated carbocycles. The number of amides is 1. The summed E-state index contributed by atoms with van der Waals surface area (Å²) in [5.74, 6) is -0.0167. The van der Waals surface area contributed by atoms with Crippen LogP contribution in [0, 0.1) is 17.0 Å². The van der Waals surface area contributed by atoms with Gasteiger partial charge in [-0.25, -0.2) is 13.8 Å². The Hall–Kier alpha value is -5.03. The maximum Gasteiger partial charge on any atom is 0.269 e. The number of sulfonamides is 1. The van der Waals surface area contributed by atoms with Gasteiger partial charge >= 0.3 is 0 Å². The third-order valence-corrected chi connectivity index (χ3v) is 8.15. The van der Waals surface area contributed by atoms with Gasteiger partial charge in [0.15, 0.2) is 0 Å². The first-order chi connectivity index (χ1) is 20.2. The van der Waals surface area contributed by atoms with E-state index >= 15 is 0 Å². The predicted molar refractivity (Wildman–Crippen MR) is 161 cm³/mol. The first kappa shape index (κ1) is 29.9. The van der Waals surface area contributed by atoms with Crippen LogP contribution in [-0.4, -0.2) is 32.0 Å². The molecule has 0 unspecified atom stereocenters. The molecule has 0 atom stereocenters. The number of carbonyl (C=O) groups excluding carboxylic acids is 1. The van der Waals surface area contributed by atoms with Crippen molar-refractivity contribution < 1.29 is 22.9 Å². The Kier molecular flexibility index (Phi) is 9.66. The van der Waals surface area contributed by atoms with Crippen molar-refractivity contribution in [3.63, 3.8) is 0 Å². The van der Waals surface area contributed by atoms with Gasteiger partial charge in [0.05, 0.1) is 21.7 Å². The summed E-state index contributed by atoms with van der Waals surface area (Å²) >= 11 is 0. The van der Waals surface area contributed by atoms with Crippen LogP contribution >= 0.6 is 0 Å². The molecule has 1 amide bonds. The van der Waals surface area contributed by atoms with Crippen molar-refractivity contribution in [3.8, 4) is 5.75 Å². The standard InChI is InChI=1S/C31H30N4O6S/c1-3-26-6-4-5-7-30(26)34(42(39,40)29-18-8-23(2)9-19-29)21-31(36)33-32-20-24-12-16-28(17-13-24)41-22-25-10-14-27(15-11-25)35(37)38/h4-20H,3,21-22H2,1-2H3,(H,33,36)/b32-20-. The predicted octanol–water partition coefficient (Wildman–Crippen LogP) is 5.39. The Bertz CT molecular complexity index is 1670. The lowest BCUT2D eigenvalue weighted by Crippen LogP contribution is -2.40. The molecule has 42 heavy (non-hydrogen) atoms. The van der Waals surface area contributed by atoms with Crippen LogP contribution < -0.4 is 14.5 Å². The molecule has 0 radical (unpaired) electrons. The molecule has 10 nitrogen and oxygen atoms in total. The smallest absolute Gasteiger partial charge is 0.269 e. The first-order valence-electron chi connectivity index (χ1n) is 13.1. The molecule has 0 saturated heterocycles. The zero-order valence-corrected chi connectivity index (χ0v) is 24.0. The van der Waals surface area contributed by atoms with Crippen molar-refractivity contribution >= 4 is 33.5 Å². The zero-order valence-electron chi connectivity index (χ0n) is 23.1. The van der Waals surface area contributed by atoms with Crippen LogP contribution in [0.15, 0.2) is 107 Å². The summed E-state index contributed by atoms with van der Waals surface area (Å²) < 4.78 is 34.1. The van der Waals surface area contributed by atoms with Crippen LogP contribution in [0.2, 0.25) is 0 Å². The highest BCUT2D eigenvalue weighted by atomic mass is 32.2. The number of nitro groups is 1. The highest BCUT2D eigenvalue weighted by Gasteiger charge is 2.28. The number of aryl methyl sites for hydroxylation is 2. The van der Waals surface area contributed by atoms with Crippen LogP contribution in [0.5, 0.6) is 5.75 Å². The fourth-order valence-electron chi connectivity index (χ4n) is 4.07. The summed E-state index contributed by atoms with van der Waals surface area (Å²) in [4.78, 5) is 23.3. The van der Waals surface area contributed by atoms with Gasteiger partial charge in [-0.3, -0.25) is 19.2 Å². The van der Waals surface area contributed by atoms with Gasteiger partial charge in [0.2, 0.25) is 0 Å². The summed E-state index contributed by atoms with van der Waals surface area (Å²) in [6, 6.07) is 26.6. The number of hydrogen-bond acceptors (Lipinski definition) is 7. The van der Waals surface area contributed by atoms with Crippen molar-refractivity contribution in [2.24, 2.45) is 5.10 Å². The van der Waals surface area contributed by atoms with Crippen LogP contribution in [0.3, 0.4) is 0 Å². The van der Waals surface area contributed by atoms with Crippen LogP contribution in [0.25, 0.3) is 0 Å². The molecule has 216 valence electrons. The first-order valence-corrected chi connectivity index (χ1v) is 14.6. The summed E-state index contributed by atoms with van der Waals surface area (Å²) in [5.41, 5.74) is 6.05. The number of carbonyl (C=O) groups is 1. The second-order valence-electron chi connectivity index (χ2n) is 9.38. The quantitative estimate of drug-likeness (QED) is 0.135. The van der Waals surface area contributed by atoms with E-state index in [-0.39, 0.29) is 17.2 Å². The Morgan fingerprint density at radius 3 is 2.29 bits per heavy atom. The second-order valence-corrected chi connectivity index (χ2v) is 11.2. The highest BCUT2D eigenvalue weighted by Crippen LogP contribution is 2.27. The van der Waals surface area contributed by atoms with Crippen LogP contribution in [0.4, 0.5) is 11.4 Å². The lowest BCUT2D eigenvalue weighted by molar-refractivity contribution is -0.384. The molecule has 0 fully saturated rings. The fourth-order valence-corrected chi connectivity index (χ4v) is 5.52. The molecule has 0 aliphatic carbocycles. The van der Waals surface area contributed by atoms with Gasteiger partial charge in [0.1, 0.15) is 18.9 Å². The molecule has 0 heterocycles. The number of hydrogen-bond donors (Lipinski definition) is 1. The Labute approximate surface area is 244 Å². The van der Waals surface area contributed by atoms with Crippen LogP contribution in [0.1, 0.15) is 29.2 Å². The summed E-state index contributed by atoms with van der Waals surface area (Å²) in [5, 5.41) is 14.8. The lowest BCUT2D eigenvalue weighted by atomic mass is 10.1. The molecule has 11 heteroatoms. The van der Waals surface area contributed by atoms with Gasteiger partial charge in [0.25, 0.3) is 21.6 Å². The van der Waals surface area contributed by atoms with E-state index < -0.39 is 27.4 Å². The summed E-state index contributed by atoms with van der Waals surface area (Å²) in [7, 11) is -4.04. The monoisotopic (exact) mass is 586 g/mol.